The van der Waals surface area contributed by atoms with Gasteiger partial charge in [-0.2, -0.15) is 0 Å². The van der Waals surface area contributed by atoms with E-state index in [9.17, 15) is 4.79 Å². The maximum Gasteiger partial charge on any atom is 0.335 e. The Balaban J connectivity index is 1.53. The molecule has 1 aromatic heterocycles. The number of benzene rings is 2. The number of anilines is 1. The molecule has 0 spiro atoms. The van der Waals surface area contributed by atoms with Gasteiger partial charge in [0.25, 0.3) is 0 Å². The lowest BCUT2D eigenvalue weighted by atomic mass is 10.1. The Bertz CT molecular complexity index is 898. The quantitative estimate of drug-likeness (QED) is 0.734. The maximum absolute atomic E-state index is 11.0. The van der Waals surface area contributed by atoms with Gasteiger partial charge in [0, 0.05) is 29.9 Å². The predicted molar refractivity (Wildman–Crippen MR) is 104 cm³/mol. The molecule has 1 N–H and O–H groups in total. The Labute approximate surface area is 155 Å². The molecular weight excluding hydrogens is 346 g/mol. The molecule has 4 rings (SSSR count). The largest absolute Gasteiger partial charge is 0.478 e. The summed E-state index contributed by atoms with van der Waals surface area (Å²) in [5.74, 6) is -0.928. The van der Waals surface area contributed by atoms with Crippen LogP contribution in [0.5, 0.6) is 0 Å². The lowest BCUT2D eigenvalue weighted by Crippen LogP contribution is -2.29. The zero-order valence-electron chi connectivity index (χ0n) is 14.3. The summed E-state index contributed by atoms with van der Waals surface area (Å²) in [6.45, 7) is 2.27. The molecule has 1 aliphatic heterocycles. The fourth-order valence-corrected chi connectivity index (χ4v) is 4.03. The number of rotatable bonds is 4. The van der Waals surface area contributed by atoms with Crippen molar-refractivity contribution < 1.29 is 9.90 Å². The van der Waals surface area contributed by atoms with Crippen LogP contribution in [0.4, 0.5) is 5.69 Å². The van der Waals surface area contributed by atoms with Gasteiger partial charge in [-0.05, 0) is 55.7 Å². The van der Waals surface area contributed by atoms with Crippen molar-refractivity contribution >= 4 is 23.0 Å². The fraction of sp³-hybridized carbons (Fsp3) is 0.250. The van der Waals surface area contributed by atoms with E-state index in [4.69, 9.17) is 5.11 Å². The van der Waals surface area contributed by atoms with E-state index >= 15 is 0 Å². The third-order valence-electron chi connectivity index (χ3n) is 4.64. The number of carboxylic acids is 1. The van der Waals surface area contributed by atoms with E-state index in [0.717, 1.165) is 34.2 Å². The predicted octanol–water partition coefficient (Wildman–Crippen LogP) is 4.56. The highest BCUT2D eigenvalue weighted by Crippen LogP contribution is 2.31. The van der Waals surface area contributed by atoms with Crippen LogP contribution in [0.25, 0.3) is 21.1 Å². The molecule has 0 unspecified atom stereocenters. The molecule has 0 atom stereocenters. The molecule has 5 nitrogen and oxygen atoms in total. The first-order valence-electron chi connectivity index (χ1n) is 8.73. The second kappa shape index (κ2) is 7.25. The number of hydrogen-bond donors (Lipinski definition) is 1. The Hall–Kier alpha value is -2.73. The van der Waals surface area contributed by atoms with Crippen molar-refractivity contribution in [2.24, 2.45) is 0 Å². The van der Waals surface area contributed by atoms with E-state index in [1.54, 1.807) is 24.3 Å². The molecule has 2 heterocycles. The SMILES string of the molecule is O=C(O)c1ccc(-c2nnc(-c3ccc(N4CCCCC4)cc3)s2)cc1. The van der Waals surface area contributed by atoms with E-state index < -0.39 is 5.97 Å². The number of nitrogens with zero attached hydrogens (tertiary/aromatic N) is 3. The second-order valence-corrected chi connectivity index (χ2v) is 7.37. The number of carbonyl (C=O) groups is 1. The van der Waals surface area contributed by atoms with Crippen molar-refractivity contribution in [1.29, 1.82) is 0 Å². The van der Waals surface area contributed by atoms with Crippen LogP contribution in [-0.4, -0.2) is 34.4 Å². The second-order valence-electron chi connectivity index (χ2n) is 6.39. The number of hydrogen-bond acceptors (Lipinski definition) is 5. The van der Waals surface area contributed by atoms with Gasteiger partial charge in [0.1, 0.15) is 10.0 Å². The molecular formula is C20H19N3O2S. The van der Waals surface area contributed by atoms with Crippen LogP contribution in [0.2, 0.25) is 0 Å². The fourth-order valence-electron chi connectivity index (χ4n) is 3.18. The topological polar surface area (TPSA) is 66.3 Å². The monoisotopic (exact) mass is 365 g/mol. The smallest absolute Gasteiger partial charge is 0.335 e. The summed E-state index contributed by atoms with van der Waals surface area (Å²) in [6.07, 6.45) is 3.86. The van der Waals surface area contributed by atoms with Gasteiger partial charge < -0.3 is 10.0 Å². The summed E-state index contributed by atoms with van der Waals surface area (Å²) in [5.41, 5.74) is 3.47. The summed E-state index contributed by atoms with van der Waals surface area (Å²) >= 11 is 1.51. The number of carboxylic acid groups (broad SMARTS) is 1. The Morgan fingerprint density at radius 3 is 1.92 bits per heavy atom. The van der Waals surface area contributed by atoms with Crippen molar-refractivity contribution in [3.05, 3.63) is 54.1 Å². The van der Waals surface area contributed by atoms with Crippen molar-refractivity contribution in [2.45, 2.75) is 19.3 Å². The minimum atomic E-state index is -0.928. The van der Waals surface area contributed by atoms with E-state index in [2.05, 4.69) is 39.4 Å². The van der Waals surface area contributed by atoms with Gasteiger partial charge in [0.15, 0.2) is 0 Å². The van der Waals surface area contributed by atoms with Gasteiger partial charge >= 0.3 is 5.97 Å². The lowest BCUT2D eigenvalue weighted by Gasteiger charge is -2.28. The van der Waals surface area contributed by atoms with Gasteiger partial charge in [-0.25, -0.2) is 4.79 Å². The molecule has 0 amide bonds. The summed E-state index contributed by atoms with van der Waals surface area (Å²) in [7, 11) is 0. The molecule has 0 saturated carbocycles. The van der Waals surface area contributed by atoms with Crippen LogP contribution in [-0.2, 0) is 0 Å². The maximum atomic E-state index is 11.0. The highest BCUT2D eigenvalue weighted by atomic mass is 32.1. The first kappa shape index (κ1) is 16.7. The molecule has 2 aromatic carbocycles. The average Bonchev–Trinajstić information content (AvgIpc) is 3.19. The van der Waals surface area contributed by atoms with Crippen LogP contribution in [0.3, 0.4) is 0 Å². The van der Waals surface area contributed by atoms with Crippen LogP contribution >= 0.6 is 11.3 Å². The van der Waals surface area contributed by atoms with Crippen LogP contribution in [0, 0.1) is 0 Å². The summed E-state index contributed by atoms with van der Waals surface area (Å²) in [6, 6.07) is 15.2. The first-order valence-corrected chi connectivity index (χ1v) is 9.55. The third kappa shape index (κ3) is 3.46. The average molecular weight is 365 g/mol. The highest BCUT2D eigenvalue weighted by molar-refractivity contribution is 7.17. The van der Waals surface area contributed by atoms with Gasteiger partial charge in [-0.1, -0.05) is 23.5 Å². The van der Waals surface area contributed by atoms with Crippen LogP contribution in [0.1, 0.15) is 29.6 Å². The molecule has 0 radical (unpaired) electrons. The lowest BCUT2D eigenvalue weighted by molar-refractivity contribution is 0.0697. The van der Waals surface area contributed by atoms with E-state index in [-0.39, 0.29) is 5.56 Å². The van der Waals surface area contributed by atoms with Crippen LogP contribution in [0.15, 0.2) is 48.5 Å². The molecule has 0 aliphatic carbocycles. The molecule has 1 saturated heterocycles. The number of aromatic nitrogens is 2. The van der Waals surface area contributed by atoms with Crippen molar-refractivity contribution in [3.8, 4) is 21.1 Å². The van der Waals surface area contributed by atoms with Gasteiger partial charge in [0.2, 0.25) is 0 Å². The van der Waals surface area contributed by atoms with Gasteiger partial charge in [0.05, 0.1) is 5.56 Å². The minimum Gasteiger partial charge on any atom is -0.478 e. The molecule has 0 bridgehead atoms. The van der Waals surface area contributed by atoms with Gasteiger partial charge in [-0.15, -0.1) is 10.2 Å². The molecule has 1 fully saturated rings. The van der Waals surface area contributed by atoms with Gasteiger partial charge in [-0.3, -0.25) is 0 Å². The summed E-state index contributed by atoms with van der Waals surface area (Å²) in [5, 5.41) is 19.2. The van der Waals surface area contributed by atoms with Crippen molar-refractivity contribution in [3.63, 3.8) is 0 Å². The number of piperidine rings is 1. The van der Waals surface area contributed by atoms with Crippen LogP contribution < -0.4 is 4.90 Å². The standard InChI is InChI=1S/C20H19N3O2S/c24-20(25)16-6-4-14(5-7-16)18-21-22-19(26-18)15-8-10-17(11-9-15)23-12-2-1-3-13-23/h4-11H,1-3,12-13H2,(H,24,25). The normalized spacial score (nSPS) is 14.4. The molecule has 3 aromatic rings. The Kier molecular flexibility index (Phi) is 4.67. The molecule has 26 heavy (non-hydrogen) atoms. The first-order chi connectivity index (χ1) is 12.7. The Morgan fingerprint density at radius 1 is 0.846 bits per heavy atom. The highest BCUT2D eigenvalue weighted by Gasteiger charge is 2.13. The zero-order chi connectivity index (χ0) is 17.9. The number of aromatic carboxylic acids is 1. The summed E-state index contributed by atoms with van der Waals surface area (Å²) in [4.78, 5) is 13.4. The van der Waals surface area contributed by atoms with Crippen molar-refractivity contribution in [1.82, 2.24) is 10.2 Å². The van der Waals surface area contributed by atoms with Crippen molar-refractivity contribution in [2.75, 3.05) is 18.0 Å². The molecule has 6 heteroatoms. The molecule has 132 valence electrons. The Morgan fingerprint density at radius 2 is 1.38 bits per heavy atom. The third-order valence-corrected chi connectivity index (χ3v) is 5.66. The van der Waals surface area contributed by atoms with E-state index in [1.165, 1.54) is 36.3 Å². The molecule has 1 aliphatic rings. The summed E-state index contributed by atoms with van der Waals surface area (Å²) < 4.78 is 0. The minimum absolute atomic E-state index is 0.270. The van der Waals surface area contributed by atoms with E-state index in [1.807, 2.05) is 0 Å². The zero-order valence-corrected chi connectivity index (χ0v) is 15.1. The van der Waals surface area contributed by atoms with E-state index in [0.29, 0.717) is 0 Å².